The quantitative estimate of drug-likeness (QED) is 0.348. The number of anilines is 1. The maximum absolute atomic E-state index is 11.9. The van der Waals surface area contributed by atoms with Crippen LogP contribution in [0.3, 0.4) is 0 Å². The number of carbonyl (C=O) groups is 1. The molecule has 2 aromatic carbocycles. The first-order valence-electron chi connectivity index (χ1n) is 13.7. The lowest BCUT2D eigenvalue weighted by atomic mass is 9.81. The van der Waals surface area contributed by atoms with Gasteiger partial charge < -0.3 is 19.5 Å². The molecule has 0 radical (unpaired) electrons. The molecule has 1 aliphatic carbocycles. The summed E-state index contributed by atoms with van der Waals surface area (Å²) >= 11 is 6.57. The largest absolute Gasteiger partial charge is 0.478 e. The zero-order valence-electron chi connectivity index (χ0n) is 21.6. The van der Waals surface area contributed by atoms with Crippen LogP contribution in [0.1, 0.15) is 74.2 Å². The van der Waals surface area contributed by atoms with Crippen LogP contribution in [-0.2, 0) is 6.54 Å². The van der Waals surface area contributed by atoms with Gasteiger partial charge >= 0.3 is 5.97 Å². The van der Waals surface area contributed by atoms with E-state index in [4.69, 9.17) is 11.6 Å². The minimum absolute atomic E-state index is 0.356. The first kappa shape index (κ1) is 25.2. The van der Waals surface area contributed by atoms with Gasteiger partial charge in [-0.3, -0.25) is 0 Å². The highest BCUT2D eigenvalue weighted by molar-refractivity contribution is 6.31. The van der Waals surface area contributed by atoms with Crippen molar-refractivity contribution in [2.45, 2.75) is 64.8 Å². The maximum atomic E-state index is 11.9. The summed E-state index contributed by atoms with van der Waals surface area (Å²) in [5, 5.41) is 11.7. The second-order valence-corrected chi connectivity index (χ2v) is 10.8. The van der Waals surface area contributed by atoms with E-state index in [0.717, 1.165) is 56.2 Å². The van der Waals surface area contributed by atoms with E-state index in [9.17, 15) is 9.90 Å². The summed E-state index contributed by atoms with van der Waals surface area (Å²) in [4.78, 5) is 16.8. The van der Waals surface area contributed by atoms with Crippen LogP contribution in [0.25, 0.3) is 22.2 Å². The van der Waals surface area contributed by atoms with Gasteiger partial charge in [-0.1, -0.05) is 50.8 Å². The van der Waals surface area contributed by atoms with Gasteiger partial charge in [-0.25, -0.2) is 4.79 Å². The smallest absolute Gasteiger partial charge is 0.335 e. The molecule has 1 aromatic heterocycles. The number of fused-ring (bicyclic) bond motifs is 5. The second kappa shape index (κ2) is 10.9. The lowest BCUT2D eigenvalue weighted by Gasteiger charge is -2.27. The van der Waals surface area contributed by atoms with Crippen LogP contribution >= 0.6 is 11.6 Å². The number of benzene rings is 2. The molecule has 6 heteroatoms. The zero-order chi connectivity index (χ0) is 25.2. The molecule has 1 saturated carbocycles. The normalized spacial score (nSPS) is 16.3. The number of aromatic carboxylic acids is 1. The summed E-state index contributed by atoms with van der Waals surface area (Å²) in [5.41, 5.74) is 6.53. The number of nitrogens with zero attached hydrogens (tertiary/aromatic N) is 3. The third-order valence-electron chi connectivity index (χ3n) is 8.31. The van der Waals surface area contributed by atoms with Crippen LogP contribution in [-0.4, -0.2) is 53.3 Å². The fourth-order valence-corrected chi connectivity index (χ4v) is 6.57. The van der Waals surface area contributed by atoms with Gasteiger partial charge in [-0.15, -0.1) is 0 Å². The SMILES string of the molecule is CCN(CC)CCCN1CCn2c(c(C3CCCCC3)c3ccc(C(=O)O)cc32)-c2ccc(Cl)cc21. The van der Waals surface area contributed by atoms with Crippen molar-refractivity contribution in [1.29, 1.82) is 0 Å². The fourth-order valence-electron chi connectivity index (χ4n) is 6.40. The minimum Gasteiger partial charge on any atom is -0.478 e. The van der Waals surface area contributed by atoms with E-state index in [0.29, 0.717) is 11.5 Å². The van der Waals surface area contributed by atoms with Gasteiger partial charge in [0.2, 0.25) is 0 Å². The number of halogens is 1. The molecule has 1 N–H and O–H groups in total. The summed E-state index contributed by atoms with van der Waals surface area (Å²) in [6, 6.07) is 12.1. The Hall–Kier alpha value is -2.50. The highest BCUT2D eigenvalue weighted by atomic mass is 35.5. The molecule has 3 aromatic rings. The molecule has 0 bridgehead atoms. The molecule has 1 aliphatic heterocycles. The standard InChI is InChI=1S/C30H38ClN3O2/c1-3-32(4-2)15-8-16-33-17-18-34-27-19-22(30(35)36)11-13-24(27)28(21-9-6-5-7-10-21)29(34)25-14-12-23(31)20-26(25)33/h11-14,19-21H,3-10,15-18H2,1-2H3,(H,35,36). The molecule has 0 unspecified atom stereocenters. The molecule has 0 saturated heterocycles. The second-order valence-electron chi connectivity index (χ2n) is 10.3. The Labute approximate surface area is 219 Å². The Balaban J connectivity index is 1.64. The molecule has 5 rings (SSSR count). The molecule has 0 amide bonds. The van der Waals surface area contributed by atoms with Crippen molar-refractivity contribution in [3.8, 4) is 11.3 Å². The number of carboxylic acid groups (broad SMARTS) is 1. The van der Waals surface area contributed by atoms with Crippen LogP contribution in [0.4, 0.5) is 5.69 Å². The molecule has 5 nitrogen and oxygen atoms in total. The van der Waals surface area contributed by atoms with Gasteiger partial charge in [-0.2, -0.15) is 0 Å². The maximum Gasteiger partial charge on any atom is 0.335 e. The van der Waals surface area contributed by atoms with Gasteiger partial charge in [0.1, 0.15) is 0 Å². The van der Waals surface area contributed by atoms with Crippen LogP contribution in [0.2, 0.25) is 5.02 Å². The third-order valence-corrected chi connectivity index (χ3v) is 8.55. The van der Waals surface area contributed by atoms with Crippen LogP contribution in [0.5, 0.6) is 0 Å². The summed E-state index contributed by atoms with van der Waals surface area (Å²) in [7, 11) is 0. The van der Waals surface area contributed by atoms with Gasteiger partial charge in [0.15, 0.2) is 0 Å². The predicted molar refractivity (Wildman–Crippen MR) is 150 cm³/mol. The first-order valence-corrected chi connectivity index (χ1v) is 14.1. The third kappa shape index (κ3) is 4.76. The van der Waals surface area contributed by atoms with E-state index < -0.39 is 5.97 Å². The zero-order valence-corrected chi connectivity index (χ0v) is 22.4. The van der Waals surface area contributed by atoms with Crippen molar-refractivity contribution in [3.63, 3.8) is 0 Å². The summed E-state index contributed by atoms with van der Waals surface area (Å²) in [6.07, 6.45) is 7.32. The Bertz CT molecular complexity index is 1240. The Morgan fingerprint density at radius 1 is 1.06 bits per heavy atom. The number of hydrogen-bond acceptors (Lipinski definition) is 3. The average Bonchev–Trinajstić information content (AvgIpc) is 3.13. The molecular weight excluding hydrogens is 470 g/mol. The Kier molecular flexibility index (Phi) is 7.59. The monoisotopic (exact) mass is 507 g/mol. The highest BCUT2D eigenvalue weighted by Crippen LogP contribution is 2.47. The molecular formula is C30H38ClN3O2. The van der Waals surface area contributed by atoms with Gasteiger partial charge in [0, 0.05) is 46.8 Å². The average molecular weight is 508 g/mol. The van der Waals surface area contributed by atoms with E-state index in [1.807, 2.05) is 12.1 Å². The molecule has 0 atom stereocenters. The minimum atomic E-state index is -0.870. The van der Waals surface area contributed by atoms with E-state index in [1.165, 1.54) is 60.0 Å². The van der Waals surface area contributed by atoms with Gasteiger partial charge in [0.05, 0.1) is 11.3 Å². The van der Waals surface area contributed by atoms with Crippen molar-refractivity contribution >= 4 is 34.2 Å². The summed E-state index contributed by atoms with van der Waals surface area (Å²) in [6.45, 7) is 10.4. The molecule has 0 spiro atoms. The van der Waals surface area contributed by atoms with Crippen molar-refractivity contribution in [2.75, 3.05) is 37.6 Å². The predicted octanol–water partition coefficient (Wildman–Crippen LogP) is 7.26. The molecule has 192 valence electrons. The van der Waals surface area contributed by atoms with Crippen molar-refractivity contribution in [1.82, 2.24) is 9.47 Å². The van der Waals surface area contributed by atoms with Crippen LogP contribution in [0, 0.1) is 0 Å². The molecule has 2 aliphatic rings. The van der Waals surface area contributed by atoms with Gasteiger partial charge in [-0.05, 0) is 80.7 Å². The number of hydrogen-bond donors (Lipinski definition) is 1. The van der Waals surface area contributed by atoms with Crippen LogP contribution in [0.15, 0.2) is 36.4 Å². The fraction of sp³-hybridized carbons (Fsp3) is 0.500. The summed E-state index contributed by atoms with van der Waals surface area (Å²) < 4.78 is 2.41. The topological polar surface area (TPSA) is 48.7 Å². The van der Waals surface area contributed by atoms with Gasteiger partial charge in [0.25, 0.3) is 0 Å². The molecule has 36 heavy (non-hydrogen) atoms. The highest BCUT2D eigenvalue weighted by Gasteiger charge is 2.30. The Morgan fingerprint density at radius 3 is 2.56 bits per heavy atom. The van der Waals surface area contributed by atoms with Crippen molar-refractivity contribution in [3.05, 3.63) is 52.5 Å². The van der Waals surface area contributed by atoms with E-state index in [2.05, 4.69) is 46.4 Å². The van der Waals surface area contributed by atoms with E-state index >= 15 is 0 Å². The van der Waals surface area contributed by atoms with E-state index in [-0.39, 0.29) is 0 Å². The molecule has 2 heterocycles. The first-order chi connectivity index (χ1) is 17.5. The van der Waals surface area contributed by atoms with E-state index in [1.54, 1.807) is 6.07 Å². The lowest BCUT2D eigenvalue weighted by molar-refractivity contribution is 0.0697. The lowest BCUT2D eigenvalue weighted by Crippen LogP contribution is -2.31. The number of rotatable bonds is 8. The summed E-state index contributed by atoms with van der Waals surface area (Å²) in [5.74, 6) is -0.364. The van der Waals surface area contributed by atoms with Crippen molar-refractivity contribution < 1.29 is 9.90 Å². The number of carboxylic acids is 1. The van der Waals surface area contributed by atoms with Crippen molar-refractivity contribution in [2.24, 2.45) is 0 Å². The molecule has 1 fully saturated rings. The van der Waals surface area contributed by atoms with Crippen LogP contribution < -0.4 is 4.90 Å². The Morgan fingerprint density at radius 2 is 1.83 bits per heavy atom. The number of aromatic nitrogens is 1.